The molecule has 2 N–H and O–H groups in total. The van der Waals surface area contributed by atoms with Crippen LogP contribution in [0.25, 0.3) is 11.0 Å². The van der Waals surface area contributed by atoms with Gasteiger partial charge < -0.3 is 14.9 Å². The van der Waals surface area contributed by atoms with Gasteiger partial charge in [-0.2, -0.15) is 0 Å². The van der Waals surface area contributed by atoms with Crippen molar-refractivity contribution in [2.45, 2.75) is 127 Å². The van der Waals surface area contributed by atoms with E-state index < -0.39 is 5.97 Å². The van der Waals surface area contributed by atoms with Crippen molar-refractivity contribution in [2.24, 2.45) is 5.16 Å². The first-order valence-corrected chi connectivity index (χ1v) is 14.8. The predicted molar refractivity (Wildman–Crippen MR) is 148 cm³/mol. The van der Waals surface area contributed by atoms with Gasteiger partial charge in [-0.05, 0) is 50.7 Å². The third kappa shape index (κ3) is 5.80. The molecule has 8 heteroatoms. The Morgan fingerprint density at radius 1 is 0.842 bits per heavy atom. The second kappa shape index (κ2) is 12.4. The molecular weight excluding hydrogens is 480 g/mol. The fraction of sp³-hybridized carbons (Fsp3) is 0.667. The van der Waals surface area contributed by atoms with E-state index in [1.807, 2.05) is 28.8 Å². The van der Waals surface area contributed by atoms with Crippen molar-refractivity contribution in [3.63, 3.8) is 0 Å². The maximum Gasteiger partial charge on any atom is 0.303 e. The van der Waals surface area contributed by atoms with E-state index in [0.29, 0.717) is 23.6 Å². The summed E-state index contributed by atoms with van der Waals surface area (Å²) in [5.74, 6) is -1.01. The zero-order valence-corrected chi connectivity index (χ0v) is 22.4. The number of carboxylic acid groups (broad SMARTS) is 1. The highest BCUT2D eigenvalue weighted by molar-refractivity contribution is 6.00. The van der Waals surface area contributed by atoms with Crippen LogP contribution in [0.4, 0.5) is 0 Å². The Kier molecular flexibility index (Phi) is 8.77. The largest absolute Gasteiger partial charge is 0.481 e. The molecule has 1 aromatic heterocycles. The number of hydrogen-bond acceptors (Lipinski definition) is 6. The molecule has 2 aliphatic heterocycles. The molecule has 3 heterocycles. The van der Waals surface area contributed by atoms with E-state index in [0.717, 1.165) is 18.4 Å². The number of oxime groups is 1. The van der Waals surface area contributed by atoms with Crippen molar-refractivity contribution in [3.8, 4) is 0 Å². The first-order chi connectivity index (χ1) is 18.6. The molecule has 3 aliphatic rings. The molecule has 2 aromatic rings. The number of piperidine rings is 2. The molecule has 2 saturated heterocycles. The lowest BCUT2D eigenvalue weighted by atomic mass is 9.79. The number of nitrogens with zero attached hydrogens (tertiary/aromatic N) is 4. The Morgan fingerprint density at radius 3 is 2.08 bits per heavy atom. The quantitative estimate of drug-likeness (QED) is 0.278. The maximum absolute atomic E-state index is 13.9. The summed E-state index contributed by atoms with van der Waals surface area (Å²) in [5.41, 5.74) is 1.28. The van der Waals surface area contributed by atoms with Crippen LogP contribution in [0.1, 0.15) is 114 Å². The number of hydrogen-bond donors (Lipinski definition) is 2. The van der Waals surface area contributed by atoms with Crippen LogP contribution in [0.15, 0.2) is 34.2 Å². The molecule has 206 valence electrons. The monoisotopic (exact) mass is 522 g/mol. The molecule has 3 fully saturated rings. The van der Waals surface area contributed by atoms with Crippen molar-refractivity contribution in [2.75, 3.05) is 0 Å². The molecule has 0 radical (unpaired) electrons. The van der Waals surface area contributed by atoms with Crippen molar-refractivity contribution in [1.82, 2.24) is 14.5 Å². The number of aromatic nitrogens is 2. The lowest BCUT2D eigenvalue weighted by Gasteiger charge is -2.53. The molecule has 5 rings (SSSR count). The molecule has 8 nitrogen and oxygen atoms in total. The van der Waals surface area contributed by atoms with Gasteiger partial charge in [-0.15, -0.1) is 0 Å². The smallest absolute Gasteiger partial charge is 0.303 e. The summed E-state index contributed by atoms with van der Waals surface area (Å²) in [7, 11) is 0. The highest BCUT2D eigenvalue weighted by atomic mass is 16.4. The molecule has 38 heavy (non-hydrogen) atoms. The summed E-state index contributed by atoms with van der Waals surface area (Å²) in [5, 5.41) is 22.1. The fourth-order valence-corrected chi connectivity index (χ4v) is 7.43. The number of carboxylic acids is 1. The van der Waals surface area contributed by atoms with Gasteiger partial charge in [0.15, 0.2) is 5.69 Å². The highest BCUT2D eigenvalue weighted by Gasteiger charge is 2.42. The van der Waals surface area contributed by atoms with Gasteiger partial charge >= 0.3 is 5.97 Å². The second-order valence-electron chi connectivity index (χ2n) is 11.6. The standard InChI is InChI=1S/C30H42N4O4/c35-28(36)18-17-26(32-38)29-30(37)34(27-16-9-8-15-25(27)31-29)24-19-22-13-10-14-23(20-24)33(22)21-11-6-4-2-1-3-5-7-12-21/h8-9,15-16,21-24,38H,1-7,10-14,17-20H2,(H,35,36)/b32-26+/t22-,23?,24?/m1/s1. The number of carbonyl (C=O) groups is 1. The van der Waals surface area contributed by atoms with Gasteiger partial charge in [-0.3, -0.25) is 14.5 Å². The van der Waals surface area contributed by atoms with Gasteiger partial charge in [0.25, 0.3) is 5.56 Å². The molecule has 0 amide bonds. The minimum absolute atomic E-state index is 0.0380. The molecular formula is C30H42N4O4. The van der Waals surface area contributed by atoms with Crippen molar-refractivity contribution in [1.29, 1.82) is 0 Å². The Labute approximate surface area is 224 Å². The highest BCUT2D eigenvalue weighted by Crippen LogP contribution is 2.42. The number of fused-ring (bicyclic) bond motifs is 3. The van der Waals surface area contributed by atoms with Gasteiger partial charge in [-0.1, -0.05) is 68.7 Å². The van der Waals surface area contributed by atoms with Gasteiger partial charge in [0.1, 0.15) is 5.71 Å². The van der Waals surface area contributed by atoms with Crippen molar-refractivity contribution < 1.29 is 15.1 Å². The third-order valence-corrected chi connectivity index (χ3v) is 9.13. The van der Waals surface area contributed by atoms with E-state index in [-0.39, 0.29) is 35.8 Å². The van der Waals surface area contributed by atoms with Crippen LogP contribution in [0.3, 0.4) is 0 Å². The second-order valence-corrected chi connectivity index (χ2v) is 11.6. The van der Waals surface area contributed by atoms with E-state index in [1.54, 1.807) is 0 Å². The van der Waals surface area contributed by atoms with Crippen LogP contribution in [0.5, 0.6) is 0 Å². The van der Waals surface area contributed by atoms with Crippen molar-refractivity contribution >= 4 is 22.7 Å². The van der Waals surface area contributed by atoms with Crippen LogP contribution in [0.2, 0.25) is 0 Å². The topological polar surface area (TPSA) is 108 Å². The summed E-state index contributed by atoms with van der Waals surface area (Å²) >= 11 is 0. The van der Waals surface area contributed by atoms with Crippen LogP contribution in [0, 0.1) is 0 Å². The molecule has 0 spiro atoms. The van der Waals surface area contributed by atoms with Crippen LogP contribution < -0.4 is 5.56 Å². The van der Waals surface area contributed by atoms with E-state index >= 15 is 0 Å². The van der Waals surface area contributed by atoms with Crippen LogP contribution >= 0.6 is 0 Å². The number of benzene rings is 1. The molecule has 1 saturated carbocycles. The summed E-state index contributed by atoms with van der Waals surface area (Å²) < 4.78 is 1.89. The number of rotatable bonds is 6. The first kappa shape index (κ1) is 26.9. The number of para-hydroxylation sites is 2. The first-order valence-electron chi connectivity index (χ1n) is 14.8. The zero-order chi connectivity index (χ0) is 26.5. The summed E-state index contributed by atoms with van der Waals surface area (Å²) in [6.45, 7) is 0. The van der Waals surface area contributed by atoms with Gasteiger partial charge in [0.2, 0.25) is 0 Å². The lowest BCUT2D eigenvalue weighted by Crippen LogP contribution is -2.57. The molecule has 1 aromatic carbocycles. The number of aliphatic carboxylic acids is 1. The molecule has 2 bridgehead atoms. The Morgan fingerprint density at radius 2 is 1.45 bits per heavy atom. The van der Waals surface area contributed by atoms with Crippen LogP contribution in [-0.4, -0.2) is 54.6 Å². The van der Waals surface area contributed by atoms with Gasteiger partial charge in [0, 0.05) is 30.6 Å². The Bertz CT molecular complexity index is 1180. The SMILES string of the molecule is O=C(O)CC/C(=N\O)c1nc2ccccc2n(C2CC3CCC[C@H](C2)N3C2CCCCCCCCC2)c1=O. The Balaban J connectivity index is 1.47. The average molecular weight is 523 g/mol. The normalized spacial score (nSPS) is 26.3. The van der Waals surface area contributed by atoms with E-state index in [4.69, 9.17) is 5.11 Å². The minimum atomic E-state index is -1.01. The van der Waals surface area contributed by atoms with Gasteiger partial charge in [0.05, 0.1) is 17.5 Å². The Hall–Kier alpha value is -2.74. The predicted octanol–water partition coefficient (Wildman–Crippen LogP) is 5.89. The fourth-order valence-electron chi connectivity index (χ4n) is 7.43. The lowest BCUT2D eigenvalue weighted by molar-refractivity contribution is -0.136. The molecule has 3 atom stereocenters. The summed E-state index contributed by atoms with van der Waals surface area (Å²) in [4.78, 5) is 32.5. The maximum atomic E-state index is 13.9. The van der Waals surface area contributed by atoms with Crippen LogP contribution in [-0.2, 0) is 4.79 Å². The van der Waals surface area contributed by atoms with E-state index in [2.05, 4.69) is 15.0 Å². The third-order valence-electron chi connectivity index (χ3n) is 9.13. The molecule has 2 unspecified atom stereocenters. The summed E-state index contributed by atoms with van der Waals surface area (Å²) in [6, 6.07) is 9.27. The van der Waals surface area contributed by atoms with Gasteiger partial charge in [-0.25, -0.2) is 4.98 Å². The molecule has 1 aliphatic carbocycles. The van der Waals surface area contributed by atoms with E-state index in [1.165, 1.54) is 77.0 Å². The summed E-state index contributed by atoms with van der Waals surface area (Å²) in [6.07, 6.45) is 17.2. The van der Waals surface area contributed by atoms with Crippen molar-refractivity contribution in [3.05, 3.63) is 40.3 Å². The van der Waals surface area contributed by atoms with E-state index in [9.17, 15) is 14.8 Å². The minimum Gasteiger partial charge on any atom is -0.481 e. The average Bonchev–Trinajstić information content (AvgIpc) is 2.91. The zero-order valence-electron chi connectivity index (χ0n) is 22.4.